The van der Waals surface area contributed by atoms with Crippen LogP contribution in [0, 0.1) is 5.92 Å². The molecule has 7 heteroatoms. The Kier molecular flexibility index (Phi) is 5.52. The molecular weight excluding hydrogens is 374 g/mol. The summed E-state index contributed by atoms with van der Waals surface area (Å²) < 4.78 is 5.84. The first-order valence-electron chi connectivity index (χ1n) is 9.74. The summed E-state index contributed by atoms with van der Waals surface area (Å²) in [6.45, 7) is 4.29. The van der Waals surface area contributed by atoms with E-state index < -0.39 is 0 Å². The van der Waals surface area contributed by atoms with Gasteiger partial charge < -0.3 is 15.0 Å². The first-order chi connectivity index (χ1) is 13.6. The number of rotatable bonds is 3. The predicted molar refractivity (Wildman–Crippen MR) is 110 cm³/mol. The Balaban J connectivity index is 1.33. The summed E-state index contributed by atoms with van der Waals surface area (Å²) in [6.07, 6.45) is 1.35. The second-order valence-electron chi connectivity index (χ2n) is 7.35. The van der Waals surface area contributed by atoms with Gasteiger partial charge in [0.1, 0.15) is 11.9 Å². The summed E-state index contributed by atoms with van der Waals surface area (Å²) in [7, 11) is 0. The first-order valence-corrected chi connectivity index (χ1v) is 10.6. The Bertz CT molecular complexity index is 831. The van der Waals surface area contributed by atoms with Crippen molar-refractivity contribution in [2.24, 2.45) is 5.92 Å². The molecule has 1 aromatic carbocycles. The molecule has 0 radical (unpaired) electrons. The zero-order valence-corrected chi connectivity index (χ0v) is 16.8. The zero-order valence-electron chi connectivity index (χ0n) is 16.0. The normalized spacial score (nSPS) is 19.7. The van der Waals surface area contributed by atoms with E-state index in [1.165, 1.54) is 0 Å². The Morgan fingerprint density at radius 3 is 2.71 bits per heavy atom. The largest absolute Gasteiger partial charge is 0.487 e. The van der Waals surface area contributed by atoms with E-state index in [9.17, 15) is 9.59 Å². The highest BCUT2D eigenvalue weighted by molar-refractivity contribution is 7.09. The zero-order chi connectivity index (χ0) is 19.5. The highest BCUT2D eigenvalue weighted by atomic mass is 32.1. The van der Waals surface area contributed by atoms with Crippen molar-refractivity contribution < 1.29 is 14.3 Å². The van der Waals surface area contributed by atoms with Crippen LogP contribution < -0.4 is 15.0 Å². The van der Waals surface area contributed by atoms with Gasteiger partial charge in [0.05, 0.1) is 18.8 Å². The lowest BCUT2D eigenvalue weighted by atomic mass is 9.96. The van der Waals surface area contributed by atoms with Gasteiger partial charge in [0.2, 0.25) is 5.91 Å². The van der Waals surface area contributed by atoms with Gasteiger partial charge in [0.15, 0.2) is 0 Å². The van der Waals surface area contributed by atoms with Crippen LogP contribution >= 0.6 is 11.3 Å². The average Bonchev–Trinajstić information content (AvgIpc) is 3.24. The van der Waals surface area contributed by atoms with Gasteiger partial charge >= 0.3 is 6.03 Å². The minimum absolute atomic E-state index is 0.0000405. The molecule has 148 valence electrons. The van der Waals surface area contributed by atoms with E-state index in [-0.39, 0.29) is 24.0 Å². The minimum Gasteiger partial charge on any atom is -0.487 e. The Hall–Kier alpha value is -2.54. The number of piperidine rings is 1. The van der Waals surface area contributed by atoms with Crippen LogP contribution in [-0.2, 0) is 11.3 Å². The number of fused-ring (bicyclic) bond motifs is 1. The fourth-order valence-corrected chi connectivity index (χ4v) is 4.45. The van der Waals surface area contributed by atoms with E-state index in [1.54, 1.807) is 16.2 Å². The number of para-hydroxylation sites is 2. The lowest BCUT2D eigenvalue weighted by Crippen LogP contribution is -2.52. The molecule has 28 heavy (non-hydrogen) atoms. The highest BCUT2D eigenvalue weighted by Crippen LogP contribution is 2.34. The lowest BCUT2D eigenvalue weighted by molar-refractivity contribution is -0.126. The number of carbonyl (C=O) groups excluding carboxylic acids is 2. The van der Waals surface area contributed by atoms with Crippen LogP contribution in [0.3, 0.4) is 0 Å². The summed E-state index contributed by atoms with van der Waals surface area (Å²) in [6, 6.07) is 11.7. The standard InChI is InChI=1S/C21H25N3O3S/c1-15-14-24(18-6-2-3-7-19(18)27-15)21(26)23-10-8-16(9-11-23)20(25)22-13-17-5-4-12-28-17/h2-7,12,15-16H,8-11,13-14H2,1H3,(H,22,25)/t15-/m1/s1. The van der Waals surface area contributed by atoms with Crippen LogP contribution in [0.15, 0.2) is 41.8 Å². The summed E-state index contributed by atoms with van der Waals surface area (Å²) in [5, 5.41) is 5.03. The van der Waals surface area contributed by atoms with Crippen molar-refractivity contribution in [3.63, 3.8) is 0 Å². The van der Waals surface area contributed by atoms with Gasteiger partial charge in [-0.3, -0.25) is 9.69 Å². The van der Waals surface area contributed by atoms with Crippen LogP contribution in [0.25, 0.3) is 0 Å². The maximum Gasteiger partial charge on any atom is 0.324 e. The summed E-state index contributed by atoms with van der Waals surface area (Å²) in [5.41, 5.74) is 0.821. The van der Waals surface area contributed by atoms with Crippen LogP contribution in [0.2, 0.25) is 0 Å². The van der Waals surface area contributed by atoms with E-state index in [0.717, 1.165) is 16.3 Å². The van der Waals surface area contributed by atoms with Gasteiger partial charge in [0, 0.05) is 23.9 Å². The second-order valence-corrected chi connectivity index (χ2v) is 8.38. The molecule has 0 unspecified atom stereocenters. The Labute approximate surface area is 169 Å². The maximum atomic E-state index is 13.1. The van der Waals surface area contributed by atoms with Crippen molar-refractivity contribution in [2.45, 2.75) is 32.4 Å². The molecule has 2 aromatic rings. The molecule has 0 bridgehead atoms. The van der Waals surface area contributed by atoms with Crippen molar-refractivity contribution >= 4 is 29.0 Å². The third-order valence-corrected chi connectivity index (χ3v) is 6.18. The number of hydrogen-bond donors (Lipinski definition) is 1. The number of ether oxygens (including phenoxy) is 1. The molecule has 0 aliphatic carbocycles. The minimum atomic E-state index is -0.0422. The molecule has 6 nitrogen and oxygen atoms in total. The van der Waals surface area contributed by atoms with Gasteiger partial charge in [-0.15, -0.1) is 11.3 Å². The molecule has 1 aromatic heterocycles. The molecule has 1 fully saturated rings. The number of amides is 3. The molecule has 0 saturated carbocycles. The number of nitrogens with one attached hydrogen (secondary N) is 1. The van der Waals surface area contributed by atoms with E-state index >= 15 is 0 Å². The van der Waals surface area contributed by atoms with Crippen molar-refractivity contribution in [3.8, 4) is 5.75 Å². The number of hydrogen-bond acceptors (Lipinski definition) is 4. The summed E-state index contributed by atoms with van der Waals surface area (Å²) in [4.78, 5) is 30.4. The molecule has 2 aliphatic heterocycles. The Morgan fingerprint density at radius 2 is 1.96 bits per heavy atom. The number of nitrogens with zero attached hydrogens (tertiary/aromatic N) is 2. The van der Waals surface area contributed by atoms with Crippen molar-refractivity contribution in [3.05, 3.63) is 46.7 Å². The predicted octanol–water partition coefficient (Wildman–Crippen LogP) is 3.48. The fourth-order valence-electron chi connectivity index (χ4n) is 3.81. The van der Waals surface area contributed by atoms with Gasteiger partial charge in [-0.25, -0.2) is 4.79 Å². The number of urea groups is 1. The van der Waals surface area contributed by atoms with E-state index in [1.807, 2.05) is 53.6 Å². The van der Waals surface area contributed by atoms with E-state index in [4.69, 9.17) is 4.74 Å². The third-order valence-electron chi connectivity index (χ3n) is 5.31. The summed E-state index contributed by atoms with van der Waals surface area (Å²) >= 11 is 1.64. The van der Waals surface area contributed by atoms with Gasteiger partial charge in [-0.1, -0.05) is 18.2 Å². The highest BCUT2D eigenvalue weighted by Gasteiger charge is 2.33. The van der Waals surface area contributed by atoms with Crippen molar-refractivity contribution in [1.82, 2.24) is 10.2 Å². The third kappa shape index (κ3) is 3.99. The second kappa shape index (κ2) is 8.22. The van der Waals surface area contributed by atoms with Gasteiger partial charge in [0.25, 0.3) is 0 Å². The van der Waals surface area contributed by atoms with E-state index in [0.29, 0.717) is 39.0 Å². The van der Waals surface area contributed by atoms with Gasteiger partial charge in [-0.05, 0) is 43.3 Å². The molecule has 1 atom stereocenters. The van der Waals surface area contributed by atoms with Crippen LogP contribution in [0.1, 0.15) is 24.6 Å². The smallest absolute Gasteiger partial charge is 0.324 e. The lowest BCUT2D eigenvalue weighted by Gasteiger charge is -2.39. The number of thiophene rings is 1. The SMILES string of the molecule is C[C@@H]1CN(C(=O)N2CCC(C(=O)NCc3cccs3)CC2)c2ccccc2O1. The summed E-state index contributed by atoms with van der Waals surface area (Å²) in [5.74, 6) is 0.809. The molecule has 4 rings (SSSR count). The fraction of sp³-hybridized carbons (Fsp3) is 0.429. The molecule has 2 aliphatic rings. The molecule has 3 heterocycles. The molecule has 3 amide bonds. The molecule has 1 N–H and O–H groups in total. The molecular formula is C21H25N3O3S. The van der Waals surface area contributed by atoms with E-state index in [2.05, 4.69) is 5.32 Å². The van der Waals surface area contributed by atoms with Crippen molar-refractivity contribution in [2.75, 3.05) is 24.5 Å². The molecule has 1 saturated heterocycles. The Morgan fingerprint density at radius 1 is 1.18 bits per heavy atom. The van der Waals surface area contributed by atoms with Crippen molar-refractivity contribution in [1.29, 1.82) is 0 Å². The van der Waals surface area contributed by atoms with Crippen LogP contribution in [0.4, 0.5) is 10.5 Å². The van der Waals surface area contributed by atoms with Gasteiger partial charge in [-0.2, -0.15) is 0 Å². The molecule has 0 spiro atoms. The first kappa shape index (κ1) is 18.8. The quantitative estimate of drug-likeness (QED) is 0.860. The van der Waals surface area contributed by atoms with Crippen LogP contribution in [0.5, 0.6) is 5.75 Å². The maximum absolute atomic E-state index is 13.1. The average molecular weight is 400 g/mol. The number of benzene rings is 1. The number of carbonyl (C=O) groups is 2. The monoisotopic (exact) mass is 399 g/mol. The topological polar surface area (TPSA) is 61.9 Å². The number of anilines is 1. The number of likely N-dealkylation sites (tertiary alicyclic amines) is 1. The van der Waals surface area contributed by atoms with Crippen LogP contribution in [-0.4, -0.2) is 42.6 Å².